The molecule has 0 saturated carbocycles. The predicted octanol–water partition coefficient (Wildman–Crippen LogP) is 4.29. The van der Waals surface area contributed by atoms with Gasteiger partial charge < -0.3 is 15.4 Å². The topological polar surface area (TPSA) is 99.4 Å². The fourth-order valence-electron chi connectivity index (χ4n) is 3.76. The summed E-state index contributed by atoms with van der Waals surface area (Å²) in [4.78, 5) is 24.6. The van der Waals surface area contributed by atoms with Gasteiger partial charge in [-0.1, -0.05) is 24.3 Å². The van der Waals surface area contributed by atoms with E-state index in [9.17, 15) is 14.0 Å². The Morgan fingerprint density at radius 1 is 1.32 bits per heavy atom. The molecule has 8 nitrogen and oxygen atoms in total. The average Bonchev–Trinajstić information content (AvgIpc) is 3.41. The number of carbonyl (C=O) groups excluding carboxylic acids is 2. The molecule has 2 aromatic carbocycles. The molecule has 1 unspecified atom stereocenters. The fourth-order valence-corrected chi connectivity index (χ4v) is 4.30. The van der Waals surface area contributed by atoms with Gasteiger partial charge in [-0.2, -0.15) is 5.10 Å². The van der Waals surface area contributed by atoms with Crippen molar-refractivity contribution in [2.75, 3.05) is 18.0 Å². The van der Waals surface area contributed by atoms with Crippen LogP contribution in [0.2, 0.25) is 0 Å². The van der Waals surface area contributed by atoms with Crippen molar-refractivity contribution < 1.29 is 18.7 Å². The number of anilines is 1. The highest BCUT2D eigenvalue weighted by molar-refractivity contribution is 9.10. The monoisotopic (exact) mass is 529 g/mol. The van der Waals surface area contributed by atoms with Crippen LogP contribution in [-0.2, 0) is 16.1 Å². The Bertz CT molecular complexity index is 1180. The van der Waals surface area contributed by atoms with Crippen molar-refractivity contribution in [2.24, 2.45) is 0 Å². The molecule has 0 bridgehead atoms. The molecular weight excluding hydrogens is 505 g/mol. The van der Waals surface area contributed by atoms with Gasteiger partial charge >= 0.3 is 6.09 Å². The van der Waals surface area contributed by atoms with Gasteiger partial charge in [0.15, 0.2) is 0 Å². The maximum Gasteiger partial charge on any atom is 0.414 e. The zero-order valence-electron chi connectivity index (χ0n) is 18.8. The van der Waals surface area contributed by atoms with Crippen molar-refractivity contribution in [3.8, 4) is 11.1 Å². The third-order valence-electron chi connectivity index (χ3n) is 5.65. The standard InChI is InChI=1S/C24H25BrFN5O3/c1-14(23-21(25)12-29-30-23)27-10-16-3-5-17(6-4-16)20-8-7-18(9-22(20)26)31-13-19(34-24(31)33)11-28-15(2)32/h3-9,12,14,19,27H,10-11,13H2,1-2H3,(H,28,32)(H,29,30)/t14?,19-/m0/s1. The second kappa shape index (κ2) is 10.4. The molecule has 1 saturated heterocycles. The Hall–Kier alpha value is -3.24. The van der Waals surface area contributed by atoms with Gasteiger partial charge in [0, 0.05) is 25.1 Å². The van der Waals surface area contributed by atoms with E-state index in [2.05, 4.69) is 36.8 Å². The zero-order chi connectivity index (χ0) is 24.2. The third-order valence-corrected chi connectivity index (χ3v) is 6.28. The normalized spacial score (nSPS) is 16.4. The summed E-state index contributed by atoms with van der Waals surface area (Å²) < 4.78 is 21.1. The number of benzene rings is 2. The molecule has 2 heterocycles. The number of H-pyrrole nitrogens is 1. The first-order valence-corrected chi connectivity index (χ1v) is 11.6. The van der Waals surface area contributed by atoms with E-state index in [1.165, 1.54) is 17.9 Å². The Balaban J connectivity index is 1.39. The summed E-state index contributed by atoms with van der Waals surface area (Å²) in [5, 5.41) is 13.0. The minimum absolute atomic E-state index is 0.0802. The van der Waals surface area contributed by atoms with Crippen LogP contribution in [0.1, 0.15) is 31.1 Å². The molecule has 0 aliphatic carbocycles. The molecular formula is C24H25BrFN5O3. The summed E-state index contributed by atoms with van der Waals surface area (Å²) >= 11 is 3.47. The van der Waals surface area contributed by atoms with Gasteiger partial charge in [0.2, 0.25) is 5.91 Å². The molecule has 1 aromatic heterocycles. The summed E-state index contributed by atoms with van der Waals surface area (Å²) in [5.74, 6) is -0.633. The number of halogens is 2. The summed E-state index contributed by atoms with van der Waals surface area (Å²) in [6.45, 7) is 4.55. The minimum Gasteiger partial charge on any atom is -0.442 e. The Labute approximate surface area is 205 Å². The third kappa shape index (κ3) is 5.45. The van der Waals surface area contributed by atoms with E-state index in [-0.39, 0.29) is 25.0 Å². The summed E-state index contributed by atoms with van der Waals surface area (Å²) in [5.41, 5.74) is 3.64. The number of aromatic amines is 1. The van der Waals surface area contributed by atoms with Crippen LogP contribution in [0.5, 0.6) is 0 Å². The van der Waals surface area contributed by atoms with Crippen molar-refractivity contribution in [3.05, 3.63) is 70.2 Å². The number of rotatable bonds is 8. The molecule has 10 heteroatoms. The molecule has 178 valence electrons. The molecule has 3 aromatic rings. The maximum absolute atomic E-state index is 15.0. The number of amides is 2. The first-order chi connectivity index (χ1) is 16.3. The molecule has 1 fully saturated rings. The number of nitrogens with one attached hydrogen (secondary N) is 3. The Kier molecular flexibility index (Phi) is 7.28. The van der Waals surface area contributed by atoms with Crippen LogP contribution >= 0.6 is 15.9 Å². The molecule has 2 amide bonds. The molecule has 2 atom stereocenters. The van der Waals surface area contributed by atoms with Crippen LogP contribution in [0.3, 0.4) is 0 Å². The first kappa shape index (κ1) is 23.9. The van der Waals surface area contributed by atoms with Crippen molar-refractivity contribution in [3.63, 3.8) is 0 Å². The molecule has 3 N–H and O–H groups in total. The van der Waals surface area contributed by atoms with Crippen LogP contribution in [0, 0.1) is 5.82 Å². The number of nitrogens with zero attached hydrogens (tertiary/aromatic N) is 2. The predicted molar refractivity (Wildman–Crippen MR) is 130 cm³/mol. The number of hydrogen-bond acceptors (Lipinski definition) is 5. The largest absolute Gasteiger partial charge is 0.442 e. The van der Waals surface area contributed by atoms with Crippen molar-refractivity contribution in [2.45, 2.75) is 32.5 Å². The van der Waals surface area contributed by atoms with Gasteiger partial charge in [-0.15, -0.1) is 0 Å². The van der Waals surface area contributed by atoms with Crippen LogP contribution < -0.4 is 15.5 Å². The first-order valence-electron chi connectivity index (χ1n) is 10.9. The van der Waals surface area contributed by atoms with Crippen molar-refractivity contribution in [1.82, 2.24) is 20.8 Å². The molecule has 1 aliphatic heterocycles. The van der Waals surface area contributed by atoms with E-state index < -0.39 is 18.0 Å². The van der Waals surface area contributed by atoms with Crippen LogP contribution in [0.25, 0.3) is 11.1 Å². The molecule has 1 aliphatic rings. The maximum atomic E-state index is 15.0. The van der Waals surface area contributed by atoms with Gasteiger partial charge in [0.05, 0.1) is 35.1 Å². The van der Waals surface area contributed by atoms with E-state index in [4.69, 9.17) is 4.74 Å². The minimum atomic E-state index is -0.559. The lowest BCUT2D eigenvalue weighted by Gasteiger charge is -2.15. The van der Waals surface area contributed by atoms with E-state index in [1.807, 2.05) is 31.2 Å². The average molecular weight is 530 g/mol. The molecule has 4 rings (SSSR count). The van der Waals surface area contributed by atoms with Crippen LogP contribution in [-0.4, -0.2) is 41.4 Å². The highest BCUT2D eigenvalue weighted by Crippen LogP contribution is 2.29. The van der Waals surface area contributed by atoms with Gasteiger partial charge in [-0.05, 0) is 52.2 Å². The summed E-state index contributed by atoms with van der Waals surface area (Å²) in [7, 11) is 0. The second-order valence-corrected chi connectivity index (χ2v) is 9.00. The summed E-state index contributed by atoms with van der Waals surface area (Å²) in [6, 6.07) is 12.4. The van der Waals surface area contributed by atoms with E-state index in [0.717, 1.165) is 21.3 Å². The Morgan fingerprint density at radius 3 is 2.74 bits per heavy atom. The van der Waals surface area contributed by atoms with Crippen molar-refractivity contribution >= 4 is 33.6 Å². The Morgan fingerprint density at radius 2 is 2.09 bits per heavy atom. The van der Waals surface area contributed by atoms with E-state index in [0.29, 0.717) is 17.8 Å². The lowest BCUT2D eigenvalue weighted by Crippen LogP contribution is -2.33. The van der Waals surface area contributed by atoms with Gasteiger partial charge in [0.25, 0.3) is 0 Å². The number of carbonyl (C=O) groups is 2. The van der Waals surface area contributed by atoms with Crippen LogP contribution in [0.15, 0.2) is 53.1 Å². The highest BCUT2D eigenvalue weighted by atomic mass is 79.9. The van der Waals surface area contributed by atoms with E-state index >= 15 is 0 Å². The molecule has 34 heavy (non-hydrogen) atoms. The number of aromatic nitrogens is 2. The lowest BCUT2D eigenvalue weighted by atomic mass is 10.0. The van der Waals surface area contributed by atoms with Gasteiger partial charge in [0.1, 0.15) is 11.9 Å². The quantitative estimate of drug-likeness (QED) is 0.404. The molecule has 0 radical (unpaired) electrons. The number of cyclic esters (lactones) is 1. The SMILES string of the molecule is CC(=O)NC[C@H]1CN(c2ccc(-c3ccc(CNC(C)c4[nH]ncc4Br)cc3)c(F)c2)C(=O)O1. The fraction of sp³-hybridized carbons (Fsp3) is 0.292. The summed E-state index contributed by atoms with van der Waals surface area (Å²) in [6.07, 6.45) is 0.687. The second-order valence-electron chi connectivity index (χ2n) is 8.15. The number of ether oxygens (including phenoxy) is 1. The molecule has 0 spiro atoms. The van der Waals surface area contributed by atoms with Gasteiger partial charge in [-0.25, -0.2) is 9.18 Å². The zero-order valence-corrected chi connectivity index (χ0v) is 20.4. The number of hydrogen-bond donors (Lipinski definition) is 3. The van der Waals surface area contributed by atoms with Crippen molar-refractivity contribution in [1.29, 1.82) is 0 Å². The van der Waals surface area contributed by atoms with E-state index in [1.54, 1.807) is 18.3 Å². The van der Waals surface area contributed by atoms with Gasteiger partial charge in [-0.3, -0.25) is 14.8 Å². The highest BCUT2D eigenvalue weighted by Gasteiger charge is 2.32. The lowest BCUT2D eigenvalue weighted by molar-refractivity contribution is -0.119. The van der Waals surface area contributed by atoms with Crippen LogP contribution in [0.4, 0.5) is 14.9 Å². The smallest absolute Gasteiger partial charge is 0.414 e.